The van der Waals surface area contributed by atoms with Gasteiger partial charge in [-0.15, -0.1) is 11.3 Å². The van der Waals surface area contributed by atoms with Gasteiger partial charge in [-0.05, 0) is 32.5 Å². The van der Waals surface area contributed by atoms with E-state index < -0.39 is 0 Å². The molecule has 0 spiro atoms. The molecule has 2 aromatic rings. The van der Waals surface area contributed by atoms with Gasteiger partial charge in [-0.2, -0.15) is 0 Å². The van der Waals surface area contributed by atoms with Gasteiger partial charge in [-0.25, -0.2) is 9.37 Å². The van der Waals surface area contributed by atoms with Crippen LogP contribution in [-0.4, -0.2) is 11.5 Å². The Kier molecular flexibility index (Phi) is 4.09. The van der Waals surface area contributed by atoms with Gasteiger partial charge in [0.25, 0.3) is 0 Å². The lowest BCUT2D eigenvalue weighted by atomic mass is 10.2. The van der Waals surface area contributed by atoms with Crippen LogP contribution in [0.1, 0.15) is 30.5 Å². The normalized spacial score (nSPS) is 12.7. The number of benzene rings is 1. The summed E-state index contributed by atoms with van der Waals surface area (Å²) < 4.78 is 13.2. The lowest BCUT2D eigenvalue weighted by Crippen LogP contribution is -2.17. The van der Waals surface area contributed by atoms with Crippen LogP contribution in [0.25, 0.3) is 10.6 Å². The van der Waals surface area contributed by atoms with Crippen molar-refractivity contribution in [3.63, 3.8) is 0 Å². The van der Waals surface area contributed by atoms with Gasteiger partial charge in [0.2, 0.25) is 0 Å². The van der Waals surface area contributed by atoms with E-state index in [2.05, 4.69) is 24.1 Å². The molecule has 0 bridgehead atoms. The van der Waals surface area contributed by atoms with Gasteiger partial charge < -0.3 is 5.32 Å². The molecule has 0 aliphatic rings. The zero-order chi connectivity index (χ0) is 13.1. The average Bonchev–Trinajstić information content (AvgIpc) is 2.72. The third kappa shape index (κ3) is 2.76. The molecule has 0 saturated carbocycles. The first-order chi connectivity index (χ1) is 8.61. The van der Waals surface area contributed by atoms with Crippen molar-refractivity contribution < 1.29 is 4.39 Å². The number of halogens is 1. The summed E-state index contributed by atoms with van der Waals surface area (Å²) >= 11 is 1.63. The van der Waals surface area contributed by atoms with Crippen molar-refractivity contribution in [1.29, 1.82) is 0 Å². The van der Waals surface area contributed by atoms with Crippen LogP contribution < -0.4 is 5.32 Å². The van der Waals surface area contributed by atoms with E-state index in [1.165, 1.54) is 17.0 Å². The third-order valence-corrected chi connectivity index (χ3v) is 4.20. The van der Waals surface area contributed by atoms with Gasteiger partial charge in [0.15, 0.2) is 0 Å². The van der Waals surface area contributed by atoms with Gasteiger partial charge in [0.05, 0.1) is 5.69 Å². The van der Waals surface area contributed by atoms with E-state index in [-0.39, 0.29) is 11.9 Å². The average molecular weight is 264 g/mol. The number of rotatable bonds is 4. The minimum absolute atomic E-state index is 0.221. The minimum atomic E-state index is -0.221. The first-order valence-corrected chi connectivity index (χ1v) is 6.90. The van der Waals surface area contributed by atoms with Crippen molar-refractivity contribution in [3.05, 3.63) is 40.7 Å². The molecule has 1 unspecified atom stereocenters. The lowest BCUT2D eigenvalue weighted by molar-refractivity contribution is 0.603. The first-order valence-electron chi connectivity index (χ1n) is 6.08. The molecule has 0 saturated heterocycles. The Morgan fingerprint density at radius 3 is 2.89 bits per heavy atom. The molecule has 0 fully saturated rings. The molecule has 0 aliphatic carbocycles. The van der Waals surface area contributed by atoms with Crippen molar-refractivity contribution in [2.75, 3.05) is 6.54 Å². The zero-order valence-electron chi connectivity index (χ0n) is 10.8. The van der Waals surface area contributed by atoms with Crippen LogP contribution in [0.3, 0.4) is 0 Å². The number of thiazole rings is 1. The summed E-state index contributed by atoms with van der Waals surface area (Å²) in [6.07, 6.45) is 0. The van der Waals surface area contributed by atoms with E-state index in [0.29, 0.717) is 0 Å². The van der Waals surface area contributed by atoms with Gasteiger partial charge in [-0.3, -0.25) is 0 Å². The van der Waals surface area contributed by atoms with Crippen molar-refractivity contribution in [1.82, 2.24) is 10.3 Å². The predicted octanol–water partition coefficient (Wildman–Crippen LogP) is 3.93. The number of aromatic nitrogens is 1. The Balaban J connectivity index is 2.34. The summed E-state index contributed by atoms with van der Waals surface area (Å²) in [6.45, 7) is 7.13. The highest BCUT2D eigenvalue weighted by molar-refractivity contribution is 7.15. The van der Waals surface area contributed by atoms with Gasteiger partial charge in [-0.1, -0.05) is 19.1 Å². The monoisotopic (exact) mass is 264 g/mol. The minimum Gasteiger partial charge on any atom is -0.310 e. The van der Waals surface area contributed by atoms with E-state index in [4.69, 9.17) is 0 Å². The lowest BCUT2D eigenvalue weighted by Gasteiger charge is -2.09. The van der Waals surface area contributed by atoms with Gasteiger partial charge in [0.1, 0.15) is 10.8 Å². The van der Waals surface area contributed by atoms with Crippen LogP contribution in [0.5, 0.6) is 0 Å². The van der Waals surface area contributed by atoms with E-state index in [1.807, 2.05) is 13.0 Å². The second-order valence-corrected chi connectivity index (χ2v) is 5.29. The largest absolute Gasteiger partial charge is 0.310 e. The summed E-state index contributed by atoms with van der Waals surface area (Å²) in [5.41, 5.74) is 1.87. The summed E-state index contributed by atoms with van der Waals surface area (Å²) in [5.74, 6) is -0.221. The molecule has 1 aromatic heterocycles. The molecular formula is C14H17FN2S. The molecule has 0 amide bonds. The van der Waals surface area contributed by atoms with Gasteiger partial charge in [0, 0.05) is 16.5 Å². The molecule has 1 atom stereocenters. The fourth-order valence-corrected chi connectivity index (χ4v) is 3.04. The molecule has 1 N–H and O–H groups in total. The molecule has 2 nitrogen and oxygen atoms in total. The maximum Gasteiger partial charge on any atom is 0.124 e. The number of hydrogen-bond acceptors (Lipinski definition) is 3. The Bertz CT molecular complexity index is 536. The third-order valence-electron chi connectivity index (χ3n) is 2.81. The molecular weight excluding hydrogens is 247 g/mol. The Morgan fingerprint density at radius 1 is 1.44 bits per heavy atom. The van der Waals surface area contributed by atoms with Crippen LogP contribution in [-0.2, 0) is 0 Å². The van der Waals surface area contributed by atoms with Crippen LogP contribution in [0.2, 0.25) is 0 Å². The van der Waals surface area contributed by atoms with Crippen LogP contribution >= 0.6 is 11.3 Å². The maximum atomic E-state index is 13.2. The number of nitrogens with zero attached hydrogens (tertiary/aromatic N) is 1. The van der Waals surface area contributed by atoms with E-state index in [0.717, 1.165) is 22.8 Å². The molecule has 4 heteroatoms. The molecule has 0 aliphatic heterocycles. The Morgan fingerprint density at radius 2 is 2.22 bits per heavy atom. The van der Waals surface area contributed by atoms with Crippen LogP contribution in [0, 0.1) is 12.7 Å². The molecule has 1 heterocycles. The summed E-state index contributed by atoms with van der Waals surface area (Å²) in [7, 11) is 0. The summed E-state index contributed by atoms with van der Waals surface area (Å²) in [6, 6.07) is 6.87. The zero-order valence-corrected chi connectivity index (χ0v) is 11.6. The molecule has 0 radical (unpaired) electrons. The number of nitrogens with one attached hydrogen (secondary N) is 1. The van der Waals surface area contributed by atoms with Crippen LogP contribution in [0.15, 0.2) is 24.3 Å². The Hall–Kier alpha value is -1.26. The quantitative estimate of drug-likeness (QED) is 0.905. The smallest absolute Gasteiger partial charge is 0.124 e. The van der Waals surface area contributed by atoms with Crippen molar-refractivity contribution >= 4 is 11.3 Å². The molecule has 2 rings (SSSR count). The van der Waals surface area contributed by atoms with Crippen molar-refractivity contribution in [2.24, 2.45) is 0 Å². The molecule has 1 aromatic carbocycles. The summed E-state index contributed by atoms with van der Waals surface area (Å²) in [5, 5.41) is 4.26. The fourth-order valence-electron chi connectivity index (χ4n) is 1.95. The Labute approximate surface area is 111 Å². The molecule has 18 heavy (non-hydrogen) atoms. The van der Waals surface area contributed by atoms with Crippen molar-refractivity contribution in [3.8, 4) is 10.6 Å². The van der Waals surface area contributed by atoms with Crippen LogP contribution in [0.4, 0.5) is 4.39 Å². The van der Waals surface area contributed by atoms with Crippen molar-refractivity contribution in [2.45, 2.75) is 26.8 Å². The van der Waals surface area contributed by atoms with E-state index in [1.54, 1.807) is 17.4 Å². The number of aryl methyl sites for hydroxylation is 1. The first kappa shape index (κ1) is 13.2. The van der Waals surface area contributed by atoms with E-state index >= 15 is 0 Å². The number of hydrogen-bond donors (Lipinski definition) is 1. The second-order valence-electron chi connectivity index (χ2n) is 4.26. The highest BCUT2D eigenvalue weighted by Crippen LogP contribution is 2.31. The standard InChI is InChI=1S/C14H17FN2S/c1-4-16-9(2)13-10(3)17-14(18-13)11-6-5-7-12(15)8-11/h5-9,16H,4H2,1-3H3. The maximum absolute atomic E-state index is 13.2. The summed E-state index contributed by atoms with van der Waals surface area (Å²) in [4.78, 5) is 5.76. The van der Waals surface area contributed by atoms with E-state index in [9.17, 15) is 4.39 Å². The highest BCUT2D eigenvalue weighted by atomic mass is 32.1. The predicted molar refractivity (Wildman–Crippen MR) is 74.3 cm³/mol. The topological polar surface area (TPSA) is 24.9 Å². The molecule has 96 valence electrons. The highest BCUT2D eigenvalue weighted by Gasteiger charge is 2.14. The SMILES string of the molecule is CCNC(C)c1sc(-c2cccc(F)c2)nc1C. The fraction of sp³-hybridized carbons (Fsp3) is 0.357. The van der Waals surface area contributed by atoms with Gasteiger partial charge >= 0.3 is 0 Å². The second kappa shape index (κ2) is 5.59.